The quantitative estimate of drug-likeness (QED) is 0.426. The van der Waals surface area contributed by atoms with E-state index in [0.29, 0.717) is 42.3 Å². The van der Waals surface area contributed by atoms with Crippen molar-refractivity contribution in [2.45, 2.75) is 27.2 Å². The van der Waals surface area contributed by atoms with Gasteiger partial charge in [-0.25, -0.2) is 9.38 Å². The lowest BCUT2D eigenvalue weighted by molar-refractivity contribution is 0.0937. The molecule has 2 aromatic rings. The summed E-state index contributed by atoms with van der Waals surface area (Å²) < 4.78 is 34.5. The number of halogens is 2. The molecule has 0 fully saturated rings. The van der Waals surface area contributed by atoms with Crippen LogP contribution in [0.2, 0.25) is 0 Å². The number of fused-ring (bicyclic) bond motifs is 1. The highest BCUT2D eigenvalue weighted by Crippen LogP contribution is 2.34. The zero-order valence-corrected chi connectivity index (χ0v) is 22.5. The van der Waals surface area contributed by atoms with Gasteiger partial charge in [-0.2, -0.15) is 4.39 Å². The molecule has 7 nitrogen and oxygen atoms in total. The smallest absolute Gasteiger partial charge is 0.251 e. The molecule has 0 bridgehead atoms. The standard InChI is InChI=1S/C30H33F2N5O2/c1-5-19-16-20(10-11-21(19)29(38)35-18-30(2,3)17-33)36-28-24-9-7-6-8-23(37(24)15-14-34-28)22-12-13-25(39-4)27(32)26(22)31/h6-16H,5,17-18,33H2,1-4H3,(H,34,36)(H,35,38). The molecule has 9 heteroatoms. The number of hydrogen-bond acceptors (Lipinski definition) is 6. The first-order chi connectivity index (χ1) is 18.7. The Morgan fingerprint density at radius 1 is 1.10 bits per heavy atom. The monoisotopic (exact) mass is 533 g/mol. The molecule has 204 valence electrons. The Hall–Kier alpha value is -4.24. The maximum atomic E-state index is 15.0. The number of ether oxygens (including phenoxy) is 1. The Morgan fingerprint density at radius 2 is 1.85 bits per heavy atom. The second kappa shape index (κ2) is 11.7. The SMILES string of the molecule is CCc1cc(NC2=NC=CN3C2=CC=CC=C3c2ccc(OC)c(F)c2F)ccc1C(=O)NCC(C)(C)CN. The number of nitrogens with two attached hydrogens (primary N) is 1. The van der Waals surface area contributed by atoms with Gasteiger partial charge in [-0.1, -0.05) is 32.9 Å². The van der Waals surface area contributed by atoms with E-state index in [1.807, 2.05) is 39.0 Å². The Bertz CT molecular complexity index is 1420. The number of nitrogens with zero attached hydrogens (tertiary/aromatic N) is 2. The number of rotatable bonds is 8. The van der Waals surface area contributed by atoms with Crippen LogP contribution in [0.25, 0.3) is 5.70 Å². The lowest BCUT2D eigenvalue weighted by Gasteiger charge is -2.29. The number of anilines is 1. The number of aliphatic imine (C=N–C) groups is 1. The van der Waals surface area contributed by atoms with Gasteiger partial charge in [0.1, 0.15) is 0 Å². The highest BCUT2D eigenvalue weighted by Gasteiger charge is 2.26. The van der Waals surface area contributed by atoms with Crippen LogP contribution in [0.4, 0.5) is 14.5 Å². The Morgan fingerprint density at radius 3 is 2.54 bits per heavy atom. The summed E-state index contributed by atoms with van der Waals surface area (Å²) in [4.78, 5) is 19.1. The van der Waals surface area contributed by atoms with Gasteiger partial charge in [0.15, 0.2) is 17.4 Å². The van der Waals surface area contributed by atoms with Gasteiger partial charge in [0.25, 0.3) is 5.91 Å². The van der Waals surface area contributed by atoms with Crippen LogP contribution in [0, 0.1) is 17.0 Å². The molecule has 2 aliphatic rings. The van der Waals surface area contributed by atoms with Crippen LogP contribution < -0.4 is 21.1 Å². The van der Waals surface area contributed by atoms with Crippen LogP contribution in [-0.4, -0.2) is 36.8 Å². The van der Waals surface area contributed by atoms with Gasteiger partial charge in [0.05, 0.1) is 18.5 Å². The van der Waals surface area contributed by atoms with E-state index in [2.05, 4.69) is 15.6 Å². The summed E-state index contributed by atoms with van der Waals surface area (Å²) in [7, 11) is 1.29. The van der Waals surface area contributed by atoms with Crippen LogP contribution in [0.15, 0.2) is 77.7 Å². The molecule has 39 heavy (non-hydrogen) atoms. The van der Waals surface area contributed by atoms with Gasteiger partial charge < -0.3 is 26.0 Å². The minimum absolute atomic E-state index is 0.0816. The first-order valence-corrected chi connectivity index (χ1v) is 12.7. The zero-order valence-electron chi connectivity index (χ0n) is 22.5. The molecule has 2 aromatic carbocycles. The number of benzene rings is 2. The molecule has 0 spiro atoms. The van der Waals surface area contributed by atoms with Crippen molar-refractivity contribution < 1.29 is 18.3 Å². The second-order valence-corrected chi connectivity index (χ2v) is 9.98. The van der Waals surface area contributed by atoms with Crippen molar-refractivity contribution in [3.63, 3.8) is 0 Å². The minimum atomic E-state index is -1.05. The molecule has 1 amide bonds. The van der Waals surface area contributed by atoms with E-state index < -0.39 is 11.6 Å². The number of hydrogen-bond donors (Lipinski definition) is 3. The first-order valence-electron chi connectivity index (χ1n) is 12.7. The molecule has 4 rings (SSSR count). The molecule has 0 saturated heterocycles. The largest absolute Gasteiger partial charge is 0.494 e. The Labute approximate surface area is 227 Å². The van der Waals surface area contributed by atoms with Crippen molar-refractivity contribution in [2.75, 3.05) is 25.5 Å². The summed E-state index contributed by atoms with van der Waals surface area (Å²) in [5, 5.41) is 6.30. The number of nitrogens with one attached hydrogen (secondary N) is 2. The predicted octanol–water partition coefficient (Wildman–Crippen LogP) is 5.34. The highest BCUT2D eigenvalue weighted by atomic mass is 19.2. The normalized spacial score (nSPS) is 14.6. The van der Waals surface area contributed by atoms with Crippen LogP contribution in [0.3, 0.4) is 0 Å². The fraction of sp³-hybridized carbons (Fsp3) is 0.267. The summed E-state index contributed by atoms with van der Waals surface area (Å²) in [6.45, 7) is 6.93. The van der Waals surface area contributed by atoms with Crippen molar-refractivity contribution >= 4 is 23.1 Å². The van der Waals surface area contributed by atoms with Crippen LogP contribution in [-0.2, 0) is 6.42 Å². The molecule has 0 radical (unpaired) electrons. The third kappa shape index (κ3) is 5.93. The number of carbonyl (C=O) groups is 1. The number of aryl methyl sites for hydroxylation is 1. The van der Waals surface area contributed by atoms with E-state index >= 15 is 4.39 Å². The van der Waals surface area contributed by atoms with E-state index in [0.717, 1.165) is 11.3 Å². The molecular weight excluding hydrogens is 500 g/mol. The van der Waals surface area contributed by atoms with E-state index in [9.17, 15) is 9.18 Å². The number of amidine groups is 1. The van der Waals surface area contributed by atoms with E-state index in [4.69, 9.17) is 10.5 Å². The molecule has 2 aliphatic heterocycles. The molecule has 0 atom stereocenters. The number of methoxy groups -OCH3 is 1. The molecule has 0 saturated carbocycles. The van der Waals surface area contributed by atoms with Crippen molar-refractivity contribution in [2.24, 2.45) is 16.1 Å². The fourth-order valence-corrected chi connectivity index (χ4v) is 4.19. The van der Waals surface area contributed by atoms with Crippen molar-refractivity contribution in [3.8, 4) is 5.75 Å². The summed E-state index contributed by atoms with van der Waals surface area (Å²) in [5.74, 6) is -1.86. The molecule has 2 heterocycles. The lowest BCUT2D eigenvalue weighted by Crippen LogP contribution is -2.38. The fourth-order valence-electron chi connectivity index (χ4n) is 4.19. The molecule has 0 aromatic heterocycles. The topological polar surface area (TPSA) is 92.0 Å². The molecule has 0 unspecified atom stereocenters. The Kier molecular flexibility index (Phi) is 8.30. The third-order valence-corrected chi connectivity index (χ3v) is 6.62. The Balaban J connectivity index is 1.58. The summed E-state index contributed by atoms with van der Waals surface area (Å²) >= 11 is 0. The van der Waals surface area contributed by atoms with E-state index in [1.54, 1.807) is 41.6 Å². The van der Waals surface area contributed by atoms with Gasteiger partial charge in [-0.05, 0) is 66.4 Å². The van der Waals surface area contributed by atoms with Crippen LogP contribution in [0.1, 0.15) is 42.3 Å². The van der Waals surface area contributed by atoms with Gasteiger partial charge >= 0.3 is 0 Å². The van der Waals surface area contributed by atoms with Gasteiger partial charge in [0, 0.05) is 35.8 Å². The number of amides is 1. The highest BCUT2D eigenvalue weighted by molar-refractivity contribution is 6.10. The van der Waals surface area contributed by atoms with Crippen molar-refractivity contribution in [3.05, 3.63) is 101 Å². The maximum Gasteiger partial charge on any atom is 0.251 e. The average Bonchev–Trinajstić information content (AvgIpc) is 3.16. The average molecular weight is 534 g/mol. The van der Waals surface area contributed by atoms with Gasteiger partial charge in [-0.3, -0.25) is 4.79 Å². The zero-order chi connectivity index (χ0) is 28.2. The minimum Gasteiger partial charge on any atom is -0.494 e. The first kappa shape index (κ1) is 27.8. The van der Waals surface area contributed by atoms with E-state index in [-0.39, 0.29) is 22.6 Å². The van der Waals surface area contributed by atoms with E-state index in [1.165, 1.54) is 19.2 Å². The second-order valence-electron chi connectivity index (χ2n) is 9.98. The summed E-state index contributed by atoms with van der Waals surface area (Å²) in [6.07, 6.45) is 11.0. The molecule has 0 aliphatic carbocycles. The third-order valence-electron chi connectivity index (χ3n) is 6.62. The molecular formula is C30H33F2N5O2. The van der Waals surface area contributed by atoms with Crippen molar-refractivity contribution in [1.29, 1.82) is 0 Å². The van der Waals surface area contributed by atoms with Crippen LogP contribution >= 0.6 is 0 Å². The summed E-state index contributed by atoms with van der Waals surface area (Å²) in [6, 6.07) is 8.39. The van der Waals surface area contributed by atoms with Crippen molar-refractivity contribution in [1.82, 2.24) is 10.2 Å². The lowest BCUT2D eigenvalue weighted by atomic mass is 9.93. The van der Waals surface area contributed by atoms with Gasteiger partial charge in [0.2, 0.25) is 5.82 Å². The van der Waals surface area contributed by atoms with Gasteiger partial charge in [-0.15, -0.1) is 0 Å². The predicted molar refractivity (Wildman–Crippen MR) is 151 cm³/mol. The molecule has 4 N–H and O–H groups in total. The van der Waals surface area contributed by atoms with Crippen LogP contribution in [0.5, 0.6) is 5.75 Å². The number of allylic oxidation sites excluding steroid dienone is 4. The number of carbonyl (C=O) groups excluding carboxylic acids is 1. The maximum absolute atomic E-state index is 15.0. The summed E-state index contributed by atoms with van der Waals surface area (Å²) in [5.41, 5.74) is 8.95.